The van der Waals surface area contributed by atoms with Crippen LogP contribution in [-0.2, 0) is 18.3 Å². The van der Waals surface area contributed by atoms with Crippen molar-refractivity contribution < 1.29 is 43.7 Å². The smallest absolute Gasteiger partial charge is 0.394 e. The molecule has 1 aliphatic rings. The molecule has 0 aromatic heterocycles. The molecule has 0 spiro atoms. The highest BCUT2D eigenvalue weighted by Gasteiger charge is 2.46. The lowest BCUT2D eigenvalue weighted by atomic mass is 10.00. The highest BCUT2D eigenvalue weighted by Crippen LogP contribution is 2.45. The van der Waals surface area contributed by atoms with Gasteiger partial charge in [0.15, 0.2) is 6.29 Å². The lowest BCUT2D eigenvalue weighted by molar-refractivity contribution is -0.281. The van der Waals surface area contributed by atoms with Crippen LogP contribution in [0.25, 0.3) is 0 Å². The van der Waals surface area contributed by atoms with Crippen molar-refractivity contribution in [1.29, 1.82) is 0 Å². The third kappa shape index (κ3) is 3.44. The van der Waals surface area contributed by atoms with Crippen LogP contribution in [-0.4, -0.2) is 69.7 Å². The second-order valence-corrected chi connectivity index (χ2v) is 4.97. The van der Waals surface area contributed by atoms with Gasteiger partial charge in [-0.05, 0) is 0 Å². The zero-order chi connectivity index (χ0) is 13.2. The lowest BCUT2D eigenvalue weighted by Gasteiger charge is -2.39. The fraction of sp³-hybridized carbons (Fsp3) is 1.00. The van der Waals surface area contributed by atoms with Crippen LogP contribution in [0.1, 0.15) is 0 Å². The number of phosphoric acid groups is 1. The molecule has 102 valence electrons. The lowest BCUT2D eigenvalue weighted by Crippen LogP contribution is -2.58. The number of aliphatic hydroxyl groups excluding tert-OH is 4. The zero-order valence-corrected chi connectivity index (χ0v) is 9.80. The summed E-state index contributed by atoms with van der Waals surface area (Å²) in [5, 5.41) is 37.1. The Labute approximate surface area is 96.8 Å². The first-order chi connectivity index (χ1) is 7.82. The van der Waals surface area contributed by atoms with Crippen LogP contribution in [0.4, 0.5) is 0 Å². The summed E-state index contributed by atoms with van der Waals surface area (Å²) in [6, 6.07) is 0. The minimum atomic E-state index is -4.42. The Morgan fingerprint density at radius 3 is 2.29 bits per heavy atom. The third-order valence-electron chi connectivity index (χ3n) is 2.32. The van der Waals surface area contributed by atoms with E-state index in [0.717, 1.165) is 7.11 Å². The summed E-state index contributed by atoms with van der Waals surface area (Å²) in [7, 11) is -3.51. The quantitative estimate of drug-likeness (QED) is 0.352. The van der Waals surface area contributed by atoms with Crippen molar-refractivity contribution in [2.75, 3.05) is 13.7 Å². The molecule has 17 heavy (non-hydrogen) atoms. The monoisotopic (exact) mass is 274 g/mol. The van der Waals surface area contributed by atoms with Crippen LogP contribution >= 0.6 is 7.82 Å². The largest absolute Gasteiger partial charge is 0.474 e. The van der Waals surface area contributed by atoms with Crippen molar-refractivity contribution in [2.45, 2.75) is 30.7 Å². The number of rotatable bonds is 4. The van der Waals surface area contributed by atoms with E-state index in [9.17, 15) is 19.9 Å². The van der Waals surface area contributed by atoms with Crippen LogP contribution in [0.5, 0.6) is 0 Å². The van der Waals surface area contributed by atoms with Gasteiger partial charge in [-0.15, -0.1) is 0 Å². The van der Waals surface area contributed by atoms with E-state index in [4.69, 9.17) is 14.7 Å². The standard InChI is InChI=1S/C7H15O9P/c1-14-17(12,13)16-7-6(11)5(10)4(9)3(2-8)15-7/h3-11H,2H2,1H3,(H,12,13)/t3-,4-,5+,6+,7-/m1/s1. The van der Waals surface area contributed by atoms with Gasteiger partial charge < -0.3 is 30.1 Å². The highest BCUT2D eigenvalue weighted by atomic mass is 31.2. The summed E-state index contributed by atoms with van der Waals surface area (Å²) in [4.78, 5) is 9.02. The van der Waals surface area contributed by atoms with Gasteiger partial charge in [0.2, 0.25) is 0 Å². The fourth-order valence-corrected chi connectivity index (χ4v) is 1.85. The Bertz CT molecular complexity index is 295. The maximum absolute atomic E-state index is 11.1. The van der Waals surface area contributed by atoms with E-state index >= 15 is 0 Å². The maximum atomic E-state index is 11.1. The minimum absolute atomic E-state index is 0.659. The molecule has 0 saturated carbocycles. The number of ether oxygens (including phenoxy) is 1. The topological polar surface area (TPSA) is 146 Å². The molecule has 1 fully saturated rings. The van der Waals surface area contributed by atoms with Gasteiger partial charge in [-0.2, -0.15) is 0 Å². The average molecular weight is 274 g/mol. The number of hydrogen-bond acceptors (Lipinski definition) is 8. The summed E-state index contributed by atoms with van der Waals surface area (Å²) < 4.78 is 24.5. The summed E-state index contributed by atoms with van der Waals surface area (Å²) in [5.74, 6) is 0. The van der Waals surface area contributed by atoms with Crippen molar-refractivity contribution >= 4 is 7.82 Å². The van der Waals surface area contributed by atoms with E-state index in [1.807, 2.05) is 0 Å². The van der Waals surface area contributed by atoms with Crippen molar-refractivity contribution in [3.05, 3.63) is 0 Å². The second kappa shape index (κ2) is 5.70. The number of hydrogen-bond donors (Lipinski definition) is 5. The van der Waals surface area contributed by atoms with Crippen molar-refractivity contribution in [3.8, 4) is 0 Å². The first kappa shape index (κ1) is 15.0. The molecular weight excluding hydrogens is 259 g/mol. The van der Waals surface area contributed by atoms with Crippen molar-refractivity contribution in [3.63, 3.8) is 0 Å². The van der Waals surface area contributed by atoms with Gasteiger partial charge in [-0.25, -0.2) is 4.57 Å². The maximum Gasteiger partial charge on any atom is 0.474 e. The van der Waals surface area contributed by atoms with E-state index in [-0.39, 0.29) is 0 Å². The van der Waals surface area contributed by atoms with E-state index in [0.29, 0.717) is 0 Å². The molecule has 1 aliphatic heterocycles. The fourth-order valence-electron chi connectivity index (χ4n) is 1.33. The Kier molecular flexibility index (Phi) is 5.02. The molecule has 5 N–H and O–H groups in total. The van der Waals surface area contributed by atoms with Gasteiger partial charge in [0.05, 0.1) is 6.61 Å². The SMILES string of the molecule is COP(=O)(O)O[C@H]1O[C@H](CO)[C@@H](O)[C@H](O)[C@@H]1O. The molecule has 0 radical (unpaired) electrons. The summed E-state index contributed by atoms with van der Waals surface area (Å²) in [6.07, 6.45) is -7.89. The van der Waals surface area contributed by atoms with Crippen molar-refractivity contribution in [1.82, 2.24) is 0 Å². The molecule has 9 nitrogen and oxygen atoms in total. The molecule has 0 amide bonds. The second-order valence-electron chi connectivity index (χ2n) is 3.45. The van der Waals surface area contributed by atoms with Crippen LogP contribution in [0.15, 0.2) is 0 Å². The van der Waals surface area contributed by atoms with Gasteiger partial charge in [-0.1, -0.05) is 0 Å². The molecule has 1 rings (SSSR count). The Balaban J connectivity index is 2.75. The minimum Gasteiger partial charge on any atom is -0.394 e. The molecule has 1 saturated heterocycles. The predicted molar refractivity (Wildman–Crippen MR) is 51.7 cm³/mol. The zero-order valence-electron chi connectivity index (χ0n) is 8.91. The van der Waals surface area contributed by atoms with Gasteiger partial charge in [0, 0.05) is 7.11 Å². The molecule has 1 heterocycles. The molecular formula is C7H15O9P. The summed E-state index contributed by atoms with van der Waals surface area (Å²) in [6.45, 7) is -0.659. The Hall–Kier alpha value is -0.0900. The van der Waals surface area contributed by atoms with Crippen LogP contribution in [0, 0.1) is 0 Å². The van der Waals surface area contributed by atoms with E-state index in [2.05, 4.69) is 9.05 Å². The molecule has 1 unspecified atom stereocenters. The molecule has 0 aromatic rings. The van der Waals surface area contributed by atoms with E-state index < -0.39 is 45.1 Å². The summed E-state index contributed by atoms with van der Waals surface area (Å²) in [5.41, 5.74) is 0. The van der Waals surface area contributed by atoms with E-state index in [1.54, 1.807) is 0 Å². The predicted octanol–water partition coefficient (Wildman–Crippen LogP) is -2.45. The normalized spacial score (nSPS) is 42.1. The number of phosphoric ester groups is 1. The molecule has 0 aliphatic carbocycles. The van der Waals surface area contributed by atoms with Crippen molar-refractivity contribution in [2.24, 2.45) is 0 Å². The Morgan fingerprint density at radius 2 is 1.82 bits per heavy atom. The van der Waals surface area contributed by atoms with Gasteiger partial charge in [0.1, 0.15) is 24.4 Å². The molecule has 0 bridgehead atoms. The first-order valence-electron chi connectivity index (χ1n) is 4.70. The van der Waals surface area contributed by atoms with Crippen LogP contribution in [0.2, 0.25) is 0 Å². The van der Waals surface area contributed by atoms with Crippen LogP contribution < -0.4 is 0 Å². The average Bonchev–Trinajstić information content (AvgIpc) is 2.30. The van der Waals surface area contributed by atoms with Gasteiger partial charge in [-0.3, -0.25) is 9.05 Å². The van der Waals surface area contributed by atoms with E-state index in [1.165, 1.54) is 0 Å². The number of aliphatic hydroxyl groups is 4. The molecule has 10 heteroatoms. The molecule has 0 aromatic carbocycles. The van der Waals surface area contributed by atoms with Crippen LogP contribution in [0.3, 0.4) is 0 Å². The van der Waals surface area contributed by atoms with Gasteiger partial charge in [0.25, 0.3) is 0 Å². The first-order valence-corrected chi connectivity index (χ1v) is 6.19. The Morgan fingerprint density at radius 1 is 1.24 bits per heavy atom. The highest BCUT2D eigenvalue weighted by molar-refractivity contribution is 7.47. The summed E-state index contributed by atoms with van der Waals surface area (Å²) >= 11 is 0. The molecule has 6 atom stereocenters. The van der Waals surface area contributed by atoms with Gasteiger partial charge >= 0.3 is 7.82 Å². The third-order valence-corrected chi connectivity index (χ3v) is 3.25.